The van der Waals surface area contributed by atoms with Crippen molar-refractivity contribution < 1.29 is 47.7 Å². The summed E-state index contributed by atoms with van der Waals surface area (Å²) in [5, 5.41) is 5.48. The standard InChI is InChI=1S/C27H46N2O10/c1-17-23(29-18(2)30)25(38-22(16-36-19(3)31)24(17)37-20(4)32)35-15-11-9-13-21(33)12-8-10-14-28-26(34)39-27(5,6)7/h17,22-25H,8-16H2,1-7H3,(H,28,34)(H,29,30). The molecule has 0 aromatic heterocycles. The number of esters is 2. The van der Waals surface area contributed by atoms with Crippen LogP contribution in [0.4, 0.5) is 4.79 Å². The minimum atomic E-state index is -0.857. The number of ketones is 1. The van der Waals surface area contributed by atoms with E-state index in [0.717, 1.165) is 0 Å². The molecule has 0 aliphatic carbocycles. The molecule has 0 spiro atoms. The van der Waals surface area contributed by atoms with Gasteiger partial charge in [0.1, 0.15) is 30.2 Å². The predicted octanol–water partition coefficient (Wildman–Crippen LogP) is 2.80. The summed E-state index contributed by atoms with van der Waals surface area (Å²) in [7, 11) is 0. The van der Waals surface area contributed by atoms with E-state index in [1.807, 2.05) is 0 Å². The monoisotopic (exact) mass is 558 g/mol. The van der Waals surface area contributed by atoms with Crippen molar-refractivity contribution in [3.8, 4) is 0 Å². The molecule has 1 aliphatic heterocycles. The molecule has 39 heavy (non-hydrogen) atoms. The highest BCUT2D eigenvalue weighted by atomic mass is 16.7. The number of rotatable bonds is 15. The molecule has 0 bridgehead atoms. The van der Waals surface area contributed by atoms with Crippen LogP contribution >= 0.6 is 0 Å². The highest BCUT2D eigenvalue weighted by Crippen LogP contribution is 2.30. The molecule has 0 aromatic rings. The molecule has 1 fully saturated rings. The number of unbranched alkanes of at least 4 members (excludes halogenated alkanes) is 2. The van der Waals surface area contributed by atoms with Crippen molar-refractivity contribution in [2.24, 2.45) is 5.92 Å². The maximum absolute atomic E-state index is 12.2. The lowest BCUT2D eigenvalue weighted by molar-refractivity contribution is -0.262. The number of Topliss-reactive ketones (excluding diaryl/α,β-unsaturated/α-hetero) is 1. The lowest BCUT2D eigenvalue weighted by Crippen LogP contribution is -2.62. The van der Waals surface area contributed by atoms with Gasteiger partial charge in [0.15, 0.2) is 6.29 Å². The summed E-state index contributed by atoms with van der Waals surface area (Å²) in [6.45, 7) is 11.7. The van der Waals surface area contributed by atoms with Crippen LogP contribution in [0.2, 0.25) is 0 Å². The number of hydrogen-bond acceptors (Lipinski definition) is 10. The molecule has 12 heteroatoms. The van der Waals surface area contributed by atoms with Gasteiger partial charge in [-0.15, -0.1) is 0 Å². The summed E-state index contributed by atoms with van der Waals surface area (Å²) in [5.41, 5.74) is -0.548. The Balaban J connectivity index is 2.47. The fourth-order valence-corrected chi connectivity index (χ4v) is 4.11. The molecular weight excluding hydrogens is 512 g/mol. The Morgan fingerprint density at radius 2 is 1.54 bits per heavy atom. The molecule has 5 atom stereocenters. The fourth-order valence-electron chi connectivity index (χ4n) is 4.11. The summed E-state index contributed by atoms with van der Waals surface area (Å²) < 4.78 is 27.6. The van der Waals surface area contributed by atoms with E-state index in [1.165, 1.54) is 20.8 Å². The number of alkyl carbamates (subject to hydrolysis) is 1. The van der Waals surface area contributed by atoms with E-state index < -0.39 is 48.2 Å². The third-order valence-corrected chi connectivity index (χ3v) is 5.86. The number of carbonyl (C=O) groups excluding carboxylic acids is 5. The van der Waals surface area contributed by atoms with Crippen LogP contribution in [0.3, 0.4) is 0 Å². The second kappa shape index (κ2) is 17.1. The Bertz CT molecular complexity index is 824. The van der Waals surface area contributed by atoms with E-state index in [9.17, 15) is 24.0 Å². The topological polar surface area (TPSA) is 156 Å². The normalized spacial score (nSPS) is 22.9. The molecule has 1 aliphatic rings. The first-order chi connectivity index (χ1) is 18.2. The molecule has 0 radical (unpaired) electrons. The molecule has 0 saturated carbocycles. The maximum Gasteiger partial charge on any atom is 0.407 e. The second-order valence-corrected chi connectivity index (χ2v) is 10.8. The summed E-state index contributed by atoms with van der Waals surface area (Å²) >= 11 is 0. The van der Waals surface area contributed by atoms with Gasteiger partial charge in [-0.05, 0) is 46.5 Å². The van der Waals surface area contributed by atoms with E-state index >= 15 is 0 Å². The van der Waals surface area contributed by atoms with Crippen LogP contribution in [0.25, 0.3) is 0 Å². The predicted molar refractivity (Wildman–Crippen MR) is 141 cm³/mol. The van der Waals surface area contributed by atoms with E-state index in [2.05, 4.69) is 10.6 Å². The van der Waals surface area contributed by atoms with Crippen LogP contribution in [0, 0.1) is 5.92 Å². The summed E-state index contributed by atoms with van der Waals surface area (Å²) in [6, 6.07) is -0.601. The van der Waals surface area contributed by atoms with Crippen LogP contribution in [0.1, 0.15) is 87.0 Å². The lowest BCUT2D eigenvalue weighted by Gasteiger charge is -2.44. The number of carbonyl (C=O) groups is 5. The minimum Gasteiger partial charge on any atom is -0.463 e. The van der Waals surface area contributed by atoms with E-state index in [4.69, 9.17) is 23.7 Å². The van der Waals surface area contributed by atoms with Crippen LogP contribution < -0.4 is 10.6 Å². The van der Waals surface area contributed by atoms with Gasteiger partial charge in [0, 0.05) is 52.7 Å². The molecule has 0 aromatic carbocycles. The number of ether oxygens (including phenoxy) is 5. The molecule has 1 saturated heterocycles. The quantitative estimate of drug-likeness (QED) is 0.174. The first-order valence-corrected chi connectivity index (χ1v) is 13.5. The molecule has 1 heterocycles. The zero-order valence-electron chi connectivity index (χ0n) is 24.3. The van der Waals surface area contributed by atoms with Gasteiger partial charge in [-0.2, -0.15) is 0 Å². The van der Waals surface area contributed by atoms with E-state index in [0.29, 0.717) is 45.1 Å². The highest BCUT2D eigenvalue weighted by molar-refractivity contribution is 5.78. The van der Waals surface area contributed by atoms with Crippen molar-refractivity contribution in [3.05, 3.63) is 0 Å². The van der Waals surface area contributed by atoms with Gasteiger partial charge in [-0.1, -0.05) is 6.92 Å². The van der Waals surface area contributed by atoms with Crippen LogP contribution in [-0.4, -0.2) is 79.6 Å². The molecule has 2 N–H and O–H groups in total. The lowest BCUT2D eigenvalue weighted by atomic mass is 9.88. The third kappa shape index (κ3) is 14.9. The van der Waals surface area contributed by atoms with Crippen LogP contribution in [-0.2, 0) is 42.9 Å². The average molecular weight is 559 g/mol. The smallest absolute Gasteiger partial charge is 0.407 e. The number of nitrogens with one attached hydrogen (secondary N) is 2. The second-order valence-electron chi connectivity index (χ2n) is 10.8. The Kier molecular flexibility index (Phi) is 15.0. The van der Waals surface area contributed by atoms with Gasteiger partial charge in [-0.25, -0.2) is 4.79 Å². The molecule has 12 nitrogen and oxygen atoms in total. The third-order valence-electron chi connectivity index (χ3n) is 5.86. The van der Waals surface area contributed by atoms with Crippen molar-refractivity contribution in [3.63, 3.8) is 0 Å². The van der Waals surface area contributed by atoms with Crippen molar-refractivity contribution >= 4 is 29.7 Å². The zero-order valence-corrected chi connectivity index (χ0v) is 24.3. The summed E-state index contributed by atoms with van der Waals surface area (Å²) in [6.07, 6.45) is 0.552. The number of amides is 2. The Morgan fingerprint density at radius 3 is 2.10 bits per heavy atom. The average Bonchev–Trinajstić information content (AvgIpc) is 2.79. The highest BCUT2D eigenvalue weighted by Gasteiger charge is 2.46. The van der Waals surface area contributed by atoms with Crippen LogP contribution in [0.15, 0.2) is 0 Å². The SMILES string of the molecule is CC(=O)NC1C(OCCCCC(=O)CCCCNC(=O)OC(C)(C)C)OC(COC(C)=O)C(OC(C)=O)C1C. The molecular formula is C27H46N2O10. The van der Waals surface area contributed by atoms with Crippen molar-refractivity contribution in [2.75, 3.05) is 19.8 Å². The fraction of sp³-hybridized carbons (Fsp3) is 0.815. The van der Waals surface area contributed by atoms with E-state index in [-0.39, 0.29) is 30.8 Å². The Morgan fingerprint density at radius 1 is 0.897 bits per heavy atom. The van der Waals surface area contributed by atoms with Gasteiger partial charge in [0.25, 0.3) is 0 Å². The summed E-state index contributed by atoms with van der Waals surface area (Å²) in [5.74, 6) is -1.57. The minimum absolute atomic E-state index is 0.133. The van der Waals surface area contributed by atoms with Crippen LogP contribution in [0.5, 0.6) is 0 Å². The van der Waals surface area contributed by atoms with Gasteiger partial charge >= 0.3 is 18.0 Å². The number of hydrogen-bond donors (Lipinski definition) is 2. The Labute approximate surface area is 231 Å². The van der Waals surface area contributed by atoms with Gasteiger partial charge in [0.05, 0.1) is 6.04 Å². The van der Waals surface area contributed by atoms with Gasteiger partial charge < -0.3 is 34.3 Å². The van der Waals surface area contributed by atoms with Crippen molar-refractivity contribution in [2.45, 2.75) is 117 Å². The van der Waals surface area contributed by atoms with Crippen molar-refractivity contribution in [1.29, 1.82) is 0 Å². The van der Waals surface area contributed by atoms with Crippen molar-refractivity contribution in [1.82, 2.24) is 10.6 Å². The maximum atomic E-state index is 12.2. The first-order valence-electron chi connectivity index (χ1n) is 13.5. The largest absolute Gasteiger partial charge is 0.463 e. The zero-order chi connectivity index (χ0) is 29.6. The first kappa shape index (κ1) is 34.3. The molecule has 5 unspecified atom stereocenters. The van der Waals surface area contributed by atoms with Gasteiger partial charge in [-0.3, -0.25) is 19.2 Å². The molecule has 224 valence electrons. The van der Waals surface area contributed by atoms with E-state index in [1.54, 1.807) is 27.7 Å². The molecule has 1 rings (SSSR count). The summed E-state index contributed by atoms with van der Waals surface area (Å²) in [4.78, 5) is 58.6. The van der Waals surface area contributed by atoms with Gasteiger partial charge in [0.2, 0.25) is 5.91 Å². The molecule has 2 amide bonds. The Hall–Kier alpha value is -2.73.